The topological polar surface area (TPSA) is 38.7 Å². The summed E-state index contributed by atoms with van der Waals surface area (Å²) in [4.78, 5) is 15.2. The highest BCUT2D eigenvalue weighted by atomic mass is 16.5. The summed E-state index contributed by atoms with van der Waals surface area (Å²) in [6.07, 6.45) is 2.24. The number of hydrogen-bond donors (Lipinski definition) is 0. The van der Waals surface area contributed by atoms with Gasteiger partial charge in [0, 0.05) is 25.3 Å². The third-order valence-corrected chi connectivity index (χ3v) is 1.68. The average Bonchev–Trinajstić information content (AvgIpc) is 2.25. The Kier molecular flexibility index (Phi) is 4.58. The van der Waals surface area contributed by atoms with Gasteiger partial charge in [-0.15, -0.1) is 0 Å². The summed E-state index contributed by atoms with van der Waals surface area (Å²) in [7, 11) is 1.62. The zero-order valence-corrected chi connectivity index (χ0v) is 8.14. The second-order valence-corrected chi connectivity index (χ2v) is 2.76. The molecule has 1 amide bonds. The van der Waals surface area contributed by atoms with E-state index in [1.807, 2.05) is 18.2 Å². The molecule has 1 rings (SSSR count). The molecular formula is C11H13NO2. The standard InChI is InChI=1S/C11H13NO2/c1-14-9-5-8-12-11(13)10-6-3-2-4-7-10/h2-4,6-8H,5,9H2,1H3. The molecule has 1 aromatic rings. The maximum atomic E-state index is 11.4. The van der Waals surface area contributed by atoms with E-state index in [1.54, 1.807) is 25.5 Å². The monoisotopic (exact) mass is 191 g/mol. The molecule has 0 saturated carbocycles. The van der Waals surface area contributed by atoms with E-state index in [0.29, 0.717) is 18.6 Å². The largest absolute Gasteiger partial charge is 0.384 e. The lowest BCUT2D eigenvalue weighted by atomic mass is 10.2. The van der Waals surface area contributed by atoms with Gasteiger partial charge >= 0.3 is 0 Å². The van der Waals surface area contributed by atoms with Gasteiger partial charge in [0.15, 0.2) is 0 Å². The first-order chi connectivity index (χ1) is 6.84. The van der Waals surface area contributed by atoms with Crippen molar-refractivity contribution in [3.05, 3.63) is 35.9 Å². The Labute approximate surface area is 83.4 Å². The van der Waals surface area contributed by atoms with E-state index in [2.05, 4.69) is 4.99 Å². The van der Waals surface area contributed by atoms with Crippen molar-refractivity contribution in [2.45, 2.75) is 6.42 Å². The van der Waals surface area contributed by atoms with Crippen molar-refractivity contribution in [3.8, 4) is 0 Å². The van der Waals surface area contributed by atoms with Gasteiger partial charge in [0.1, 0.15) is 0 Å². The van der Waals surface area contributed by atoms with E-state index in [4.69, 9.17) is 4.74 Å². The summed E-state index contributed by atoms with van der Waals surface area (Å²) < 4.78 is 4.83. The maximum Gasteiger partial charge on any atom is 0.276 e. The van der Waals surface area contributed by atoms with Crippen molar-refractivity contribution in [1.82, 2.24) is 0 Å². The predicted molar refractivity (Wildman–Crippen MR) is 55.8 cm³/mol. The van der Waals surface area contributed by atoms with E-state index in [1.165, 1.54) is 0 Å². The smallest absolute Gasteiger partial charge is 0.276 e. The maximum absolute atomic E-state index is 11.4. The first-order valence-electron chi connectivity index (χ1n) is 4.45. The SMILES string of the molecule is COCCC=NC(=O)c1ccccc1. The number of nitrogens with zero attached hydrogens (tertiary/aromatic N) is 1. The van der Waals surface area contributed by atoms with Gasteiger partial charge < -0.3 is 4.74 Å². The van der Waals surface area contributed by atoms with Gasteiger partial charge in [-0.3, -0.25) is 4.79 Å². The van der Waals surface area contributed by atoms with Crippen LogP contribution in [0, 0.1) is 0 Å². The number of aliphatic imine (C=N–C) groups is 1. The fourth-order valence-corrected chi connectivity index (χ4v) is 0.973. The molecule has 3 nitrogen and oxygen atoms in total. The highest BCUT2D eigenvalue weighted by Gasteiger charge is 1.99. The molecule has 0 aliphatic rings. The van der Waals surface area contributed by atoms with Gasteiger partial charge in [-0.1, -0.05) is 18.2 Å². The molecule has 0 bridgehead atoms. The lowest BCUT2D eigenvalue weighted by Crippen LogP contribution is -1.96. The van der Waals surface area contributed by atoms with Crippen molar-refractivity contribution in [1.29, 1.82) is 0 Å². The molecule has 0 spiro atoms. The quantitative estimate of drug-likeness (QED) is 0.538. The molecule has 3 heteroatoms. The van der Waals surface area contributed by atoms with Crippen molar-refractivity contribution in [2.75, 3.05) is 13.7 Å². The van der Waals surface area contributed by atoms with Crippen LogP contribution in [-0.2, 0) is 4.74 Å². The van der Waals surface area contributed by atoms with Gasteiger partial charge in [-0.25, -0.2) is 4.99 Å². The van der Waals surface area contributed by atoms with Crippen LogP contribution in [0.25, 0.3) is 0 Å². The van der Waals surface area contributed by atoms with Crippen LogP contribution in [-0.4, -0.2) is 25.8 Å². The fourth-order valence-electron chi connectivity index (χ4n) is 0.973. The Morgan fingerprint density at radius 3 is 2.79 bits per heavy atom. The molecule has 1 aromatic carbocycles. The van der Waals surface area contributed by atoms with Crippen molar-refractivity contribution >= 4 is 12.1 Å². The Hall–Kier alpha value is -1.48. The zero-order chi connectivity index (χ0) is 10.2. The second-order valence-electron chi connectivity index (χ2n) is 2.76. The van der Waals surface area contributed by atoms with Crippen molar-refractivity contribution in [2.24, 2.45) is 4.99 Å². The first kappa shape index (κ1) is 10.6. The van der Waals surface area contributed by atoms with E-state index in [-0.39, 0.29) is 5.91 Å². The second kappa shape index (κ2) is 6.05. The molecule has 0 unspecified atom stereocenters. The molecule has 0 aliphatic carbocycles. The number of benzene rings is 1. The number of ether oxygens (including phenoxy) is 1. The Morgan fingerprint density at radius 2 is 2.14 bits per heavy atom. The summed E-state index contributed by atoms with van der Waals surface area (Å²) in [6.45, 7) is 0.589. The van der Waals surface area contributed by atoms with Crippen LogP contribution in [0.4, 0.5) is 0 Å². The van der Waals surface area contributed by atoms with Gasteiger partial charge in [-0.05, 0) is 12.1 Å². The summed E-state index contributed by atoms with van der Waals surface area (Å²) in [6, 6.07) is 8.99. The molecule has 0 aliphatic heterocycles. The molecule has 0 aromatic heterocycles. The van der Waals surface area contributed by atoms with Crippen molar-refractivity contribution < 1.29 is 9.53 Å². The van der Waals surface area contributed by atoms with Gasteiger partial charge in [0.05, 0.1) is 6.61 Å². The predicted octanol–water partition coefficient (Wildman–Crippen LogP) is 1.93. The molecule has 0 saturated heterocycles. The number of rotatable bonds is 4. The van der Waals surface area contributed by atoms with E-state index in [0.717, 1.165) is 0 Å². The van der Waals surface area contributed by atoms with Crippen molar-refractivity contribution in [3.63, 3.8) is 0 Å². The van der Waals surface area contributed by atoms with Crippen LogP contribution >= 0.6 is 0 Å². The Balaban J connectivity index is 2.47. The molecular weight excluding hydrogens is 178 g/mol. The number of methoxy groups -OCH3 is 1. The minimum atomic E-state index is -0.207. The van der Waals surface area contributed by atoms with Crippen LogP contribution < -0.4 is 0 Å². The summed E-state index contributed by atoms with van der Waals surface area (Å²) in [5.41, 5.74) is 0.612. The lowest BCUT2D eigenvalue weighted by Gasteiger charge is -1.93. The van der Waals surface area contributed by atoms with E-state index < -0.39 is 0 Å². The van der Waals surface area contributed by atoms with Gasteiger partial charge in [0.2, 0.25) is 0 Å². The highest BCUT2D eigenvalue weighted by molar-refractivity contribution is 5.98. The third-order valence-electron chi connectivity index (χ3n) is 1.68. The molecule has 0 fully saturated rings. The summed E-state index contributed by atoms with van der Waals surface area (Å²) in [5, 5.41) is 0. The Morgan fingerprint density at radius 1 is 1.43 bits per heavy atom. The number of amides is 1. The average molecular weight is 191 g/mol. The summed E-state index contributed by atoms with van der Waals surface area (Å²) in [5.74, 6) is -0.207. The van der Waals surface area contributed by atoms with Crippen LogP contribution in [0.15, 0.2) is 35.3 Å². The van der Waals surface area contributed by atoms with Crippen LogP contribution in [0.3, 0.4) is 0 Å². The van der Waals surface area contributed by atoms with E-state index >= 15 is 0 Å². The van der Waals surface area contributed by atoms with Crippen LogP contribution in [0.1, 0.15) is 16.8 Å². The molecule has 74 valence electrons. The third kappa shape index (κ3) is 3.49. The van der Waals surface area contributed by atoms with Gasteiger partial charge in [0.25, 0.3) is 5.91 Å². The molecule has 14 heavy (non-hydrogen) atoms. The molecule has 0 heterocycles. The highest BCUT2D eigenvalue weighted by Crippen LogP contribution is 1.99. The van der Waals surface area contributed by atoms with Crippen LogP contribution in [0.2, 0.25) is 0 Å². The minimum Gasteiger partial charge on any atom is -0.384 e. The minimum absolute atomic E-state index is 0.207. The lowest BCUT2D eigenvalue weighted by molar-refractivity contribution is 0.100. The van der Waals surface area contributed by atoms with Crippen LogP contribution in [0.5, 0.6) is 0 Å². The van der Waals surface area contributed by atoms with Gasteiger partial charge in [-0.2, -0.15) is 0 Å². The fraction of sp³-hybridized carbons (Fsp3) is 0.273. The number of carbonyl (C=O) groups excluding carboxylic acids is 1. The molecule has 0 N–H and O–H groups in total. The normalized spacial score (nSPS) is 10.6. The Bertz CT molecular complexity index is 306. The number of carbonyl (C=O) groups is 1. The molecule has 0 radical (unpaired) electrons. The number of hydrogen-bond acceptors (Lipinski definition) is 2. The summed E-state index contributed by atoms with van der Waals surface area (Å²) >= 11 is 0. The zero-order valence-electron chi connectivity index (χ0n) is 8.14. The molecule has 0 atom stereocenters. The van der Waals surface area contributed by atoms with E-state index in [9.17, 15) is 4.79 Å². The first-order valence-corrected chi connectivity index (χ1v) is 4.45.